The van der Waals surface area contributed by atoms with Gasteiger partial charge in [0.1, 0.15) is 6.61 Å². The van der Waals surface area contributed by atoms with E-state index in [1.807, 2.05) is 0 Å². The van der Waals surface area contributed by atoms with E-state index in [1.54, 1.807) is 24.3 Å². The van der Waals surface area contributed by atoms with Gasteiger partial charge in [-0.05, 0) is 17.7 Å². The van der Waals surface area contributed by atoms with Crippen LogP contribution in [0.4, 0.5) is 0 Å². The lowest BCUT2D eigenvalue weighted by molar-refractivity contribution is -0.123. The van der Waals surface area contributed by atoms with Crippen molar-refractivity contribution in [3.8, 4) is 0 Å². The van der Waals surface area contributed by atoms with Crippen molar-refractivity contribution < 1.29 is 9.90 Å². The molecule has 0 saturated carbocycles. The molecule has 0 heterocycles. The maximum absolute atomic E-state index is 10.6. The lowest BCUT2D eigenvalue weighted by atomic mass is 10.2. The Morgan fingerprint density at radius 3 is 2.71 bits per heavy atom. The van der Waals surface area contributed by atoms with E-state index in [0.717, 1.165) is 5.56 Å². The molecule has 0 aliphatic carbocycles. The fourth-order valence-corrected chi connectivity index (χ4v) is 0.889. The van der Waals surface area contributed by atoms with Gasteiger partial charge in [-0.3, -0.25) is 4.79 Å². The first-order valence-electron chi connectivity index (χ1n) is 3.90. The van der Waals surface area contributed by atoms with E-state index in [0.29, 0.717) is 5.02 Å². The van der Waals surface area contributed by atoms with E-state index in [2.05, 4.69) is 10.5 Å². The van der Waals surface area contributed by atoms with Crippen LogP contribution in [0.5, 0.6) is 0 Å². The Morgan fingerprint density at radius 2 is 2.14 bits per heavy atom. The van der Waals surface area contributed by atoms with Crippen molar-refractivity contribution >= 4 is 23.7 Å². The Kier molecular flexibility index (Phi) is 4.10. The lowest BCUT2D eigenvalue weighted by Gasteiger charge is -1.94. The SMILES string of the molecule is O=C(CO)NN=Cc1ccc(Cl)cc1. The van der Waals surface area contributed by atoms with Crippen LogP contribution in [0.1, 0.15) is 5.56 Å². The molecule has 0 aliphatic heterocycles. The Bertz CT molecular complexity index is 335. The average molecular weight is 213 g/mol. The molecule has 1 amide bonds. The van der Waals surface area contributed by atoms with Crippen molar-refractivity contribution in [1.29, 1.82) is 0 Å². The minimum absolute atomic E-state index is 0.546. The highest BCUT2D eigenvalue weighted by molar-refractivity contribution is 6.30. The number of amides is 1. The quantitative estimate of drug-likeness (QED) is 0.575. The summed E-state index contributed by atoms with van der Waals surface area (Å²) >= 11 is 5.67. The van der Waals surface area contributed by atoms with Crippen LogP contribution in [0, 0.1) is 0 Å². The Labute approximate surface area is 86.2 Å². The summed E-state index contributed by atoms with van der Waals surface area (Å²) < 4.78 is 0. The second-order valence-electron chi connectivity index (χ2n) is 2.50. The first kappa shape index (κ1) is 10.7. The summed E-state index contributed by atoms with van der Waals surface area (Å²) in [6.45, 7) is -0.571. The van der Waals surface area contributed by atoms with Gasteiger partial charge >= 0.3 is 0 Å². The number of hydrazone groups is 1. The minimum atomic E-state index is -0.571. The molecule has 1 aromatic rings. The van der Waals surface area contributed by atoms with Gasteiger partial charge in [0.25, 0.3) is 5.91 Å². The number of hydrogen-bond donors (Lipinski definition) is 2. The number of aliphatic hydroxyl groups is 1. The normalized spacial score (nSPS) is 10.4. The maximum atomic E-state index is 10.6. The molecule has 1 aromatic carbocycles. The van der Waals surface area contributed by atoms with Gasteiger partial charge in [0.05, 0.1) is 6.21 Å². The van der Waals surface area contributed by atoms with Crippen molar-refractivity contribution in [3.05, 3.63) is 34.9 Å². The second kappa shape index (κ2) is 5.36. The number of carbonyl (C=O) groups is 1. The van der Waals surface area contributed by atoms with E-state index in [-0.39, 0.29) is 0 Å². The van der Waals surface area contributed by atoms with Crippen molar-refractivity contribution in [1.82, 2.24) is 5.43 Å². The Balaban J connectivity index is 2.52. The molecule has 5 heteroatoms. The number of nitrogens with zero attached hydrogens (tertiary/aromatic N) is 1. The highest BCUT2D eigenvalue weighted by Gasteiger charge is 1.92. The predicted octanol–water partition coefficient (Wildman–Crippen LogP) is 0.782. The van der Waals surface area contributed by atoms with Crippen LogP contribution in [0.2, 0.25) is 5.02 Å². The minimum Gasteiger partial charge on any atom is -0.386 e. The van der Waals surface area contributed by atoms with Gasteiger partial charge in [-0.2, -0.15) is 5.10 Å². The fraction of sp³-hybridized carbons (Fsp3) is 0.111. The highest BCUT2D eigenvalue weighted by Crippen LogP contribution is 2.07. The summed E-state index contributed by atoms with van der Waals surface area (Å²) in [4.78, 5) is 10.6. The largest absolute Gasteiger partial charge is 0.386 e. The number of nitrogens with one attached hydrogen (secondary N) is 1. The standard InChI is InChI=1S/C9H9ClN2O2/c10-8-3-1-7(2-4-8)5-11-12-9(14)6-13/h1-5,13H,6H2,(H,12,14). The summed E-state index contributed by atoms with van der Waals surface area (Å²) in [6, 6.07) is 6.96. The molecule has 0 bridgehead atoms. The van der Waals surface area contributed by atoms with Crippen LogP contribution >= 0.6 is 11.6 Å². The summed E-state index contributed by atoms with van der Waals surface area (Å²) in [5, 5.41) is 12.6. The molecule has 0 atom stereocenters. The van der Waals surface area contributed by atoms with Crippen LogP contribution in [-0.2, 0) is 4.79 Å². The molecular weight excluding hydrogens is 204 g/mol. The van der Waals surface area contributed by atoms with Crippen molar-refractivity contribution in [3.63, 3.8) is 0 Å². The highest BCUT2D eigenvalue weighted by atomic mass is 35.5. The summed E-state index contributed by atoms with van der Waals surface area (Å²) in [6.07, 6.45) is 1.46. The van der Waals surface area contributed by atoms with Gasteiger partial charge in [0.15, 0.2) is 0 Å². The molecule has 0 radical (unpaired) electrons. The van der Waals surface area contributed by atoms with E-state index >= 15 is 0 Å². The molecule has 2 N–H and O–H groups in total. The summed E-state index contributed by atoms with van der Waals surface area (Å²) in [7, 11) is 0. The van der Waals surface area contributed by atoms with E-state index in [4.69, 9.17) is 16.7 Å². The topological polar surface area (TPSA) is 61.7 Å². The number of benzene rings is 1. The monoisotopic (exact) mass is 212 g/mol. The molecule has 14 heavy (non-hydrogen) atoms. The number of aliphatic hydroxyl groups excluding tert-OH is 1. The van der Waals surface area contributed by atoms with Crippen LogP contribution in [0.15, 0.2) is 29.4 Å². The third-order valence-electron chi connectivity index (χ3n) is 1.42. The first-order valence-corrected chi connectivity index (χ1v) is 4.28. The molecule has 0 fully saturated rings. The molecule has 0 aromatic heterocycles. The van der Waals surface area contributed by atoms with Crippen LogP contribution in [-0.4, -0.2) is 23.8 Å². The van der Waals surface area contributed by atoms with Gasteiger partial charge < -0.3 is 5.11 Å². The van der Waals surface area contributed by atoms with E-state index in [9.17, 15) is 4.79 Å². The smallest absolute Gasteiger partial charge is 0.265 e. The molecule has 0 aliphatic rings. The van der Waals surface area contributed by atoms with E-state index in [1.165, 1.54) is 6.21 Å². The van der Waals surface area contributed by atoms with E-state index < -0.39 is 12.5 Å². The Hall–Kier alpha value is -1.39. The molecule has 0 spiro atoms. The van der Waals surface area contributed by atoms with Gasteiger partial charge in [-0.25, -0.2) is 5.43 Å². The summed E-state index contributed by atoms with van der Waals surface area (Å²) in [5.74, 6) is -0.546. The zero-order valence-corrected chi connectivity index (χ0v) is 8.03. The zero-order chi connectivity index (χ0) is 10.4. The third-order valence-corrected chi connectivity index (χ3v) is 1.67. The number of halogens is 1. The summed E-state index contributed by atoms with van der Waals surface area (Å²) in [5.41, 5.74) is 2.96. The van der Waals surface area contributed by atoms with Gasteiger partial charge in [0.2, 0.25) is 0 Å². The van der Waals surface area contributed by atoms with Crippen molar-refractivity contribution in [2.24, 2.45) is 5.10 Å². The molecule has 1 rings (SSSR count). The molecule has 74 valence electrons. The van der Waals surface area contributed by atoms with Gasteiger partial charge in [0, 0.05) is 5.02 Å². The molecule has 0 unspecified atom stereocenters. The fourth-order valence-electron chi connectivity index (χ4n) is 0.763. The van der Waals surface area contributed by atoms with Crippen LogP contribution in [0.25, 0.3) is 0 Å². The maximum Gasteiger partial charge on any atom is 0.265 e. The average Bonchev–Trinajstić information content (AvgIpc) is 2.21. The van der Waals surface area contributed by atoms with Crippen LogP contribution in [0.3, 0.4) is 0 Å². The van der Waals surface area contributed by atoms with Gasteiger partial charge in [-0.15, -0.1) is 0 Å². The zero-order valence-electron chi connectivity index (χ0n) is 7.27. The number of hydrogen-bond acceptors (Lipinski definition) is 3. The number of rotatable bonds is 3. The lowest BCUT2D eigenvalue weighted by Crippen LogP contribution is -2.20. The first-order chi connectivity index (χ1) is 6.72. The Morgan fingerprint density at radius 1 is 1.50 bits per heavy atom. The van der Waals surface area contributed by atoms with Gasteiger partial charge in [-0.1, -0.05) is 23.7 Å². The van der Waals surface area contributed by atoms with Crippen LogP contribution < -0.4 is 5.43 Å². The molecule has 0 saturated heterocycles. The third kappa shape index (κ3) is 3.55. The second-order valence-corrected chi connectivity index (χ2v) is 2.94. The molecular formula is C9H9ClN2O2. The molecule has 4 nitrogen and oxygen atoms in total. The predicted molar refractivity (Wildman–Crippen MR) is 54.3 cm³/mol. The number of carbonyl (C=O) groups excluding carboxylic acids is 1. The van der Waals surface area contributed by atoms with Crippen molar-refractivity contribution in [2.45, 2.75) is 0 Å². The van der Waals surface area contributed by atoms with Crippen molar-refractivity contribution in [2.75, 3.05) is 6.61 Å².